The van der Waals surface area contributed by atoms with Crippen LogP contribution in [-0.2, 0) is 0 Å². The van der Waals surface area contributed by atoms with Gasteiger partial charge in [-0.1, -0.05) is 63.2 Å². The summed E-state index contributed by atoms with van der Waals surface area (Å²) >= 11 is 7.72. The topological polar surface area (TPSA) is 34.9 Å². The van der Waals surface area contributed by atoms with Crippen LogP contribution >= 0.6 is 23.4 Å². The molecule has 0 aliphatic heterocycles. The molecule has 1 heterocycles. The first-order valence-corrected chi connectivity index (χ1v) is 10.7. The summed E-state index contributed by atoms with van der Waals surface area (Å²) in [6, 6.07) is 13.5. The van der Waals surface area contributed by atoms with Crippen molar-refractivity contribution in [3.8, 4) is 5.69 Å². The van der Waals surface area contributed by atoms with Gasteiger partial charge in [0.15, 0.2) is 5.16 Å². The molecular weight excluding hydrogens is 376 g/mol. The van der Waals surface area contributed by atoms with Crippen molar-refractivity contribution in [3.05, 3.63) is 63.4 Å². The summed E-state index contributed by atoms with van der Waals surface area (Å²) < 4.78 is 1.73. The highest BCUT2D eigenvalue weighted by molar-refractivity contribution is 7.99. The number of hydrogen-bond donors (Lipinski definition) is 0. The molecule has 1 atom stereocenters. The molecule has 5 heteroatoms. The molecule has 2 aromatic carbocycles. The second-order valence-corrected chi connectivity index (χ2v) is 8.73. The third kappa shape index (κ3) is 4.39. The molecule has 0 amide bonds. The fourth-order valence-corrected chi connectivity index (χ4v) is 4.02. The third-order valence-corrected chi connectivity index (χ3v) is 6.28. The van der Waals surface area contributed by atoms with Gasteiger partial charge in [0.2, 0.25) is 0 Å². The van der Waals surface area contributed by atoms with Crippen LogP contribution in [-0.4, -0.2) is 15.3 Å². The Morgan fingerprint density at radius 1 is 1.11 bits per heavy atom. The van der Waals surface area contributed by atoms with Gasteiger partial charge in [0.1, 0.15) is 0 Å². The number of hydrogen-bond acceptors (Lipinski definition) is 3. The maximum Gasteiger partial charge on any atom is 0.266 e. The van der Waals surface area contributed by atoms with E-state index in [0.29, 0.717) is 32.9 Å². The average Bonchev–Trinajstić information content (AvgIpc) is 2.65. The van der Waals surface area contributed by atoms with Crippen LogP contribution in [0.4, 0.5) is 0 Å². The standard InChI is InChI=1S/C22H25ClN2OS/c1-5-15(4)16-6-9-18(10-7-16)25-21(26)19-11-8-17(23)12-20(19)24-22(25)27-13-14(2)3/h6-12,14-15H,5,13H2,1-4H3. The van der Waals surface area contributed by atoms with Gasteiger partial charge >= 0.3 is 0 Å². The number of aromatic nitrogens is 2. The molecule has 0 bridgehead atoms. The maximum atomic E-state index is 13.2. The monoisotopic (exact) mass is 400 g/mol. The minimum absolute atomic E-state index is 0.0563. The Hall–Kier alpha value is -1.78. The van der Waals surface area contributed by atoms with E-state index < -0.39 is 0 Å². The van der Waals surface area contributed by atoms with Gasteiger partial charge in [-0.15, -0.1) is 0 Å². The van der Waals surface area contributed by atoms with Gasteiger partial charge in [0.25, 0.3) is 5.56 Å². The van der Waals surface area contributed by atoms with Crippen molar-refractivity contribution in [2.24, 2.45) is 5.92 Å². The van der Waals surface area contributed by atoms with E-state index in [1.807, 2.05) is 12.1 Å². The lowest BCUT2D eigenvalue weighted by Crippen LogP contribution is -2.22. The fourth-order valence-electron chi connectivity index (χ4n) is 2.89. The lowest BCUT2D eigenvalue weighted by molar-refractivity contribution is 0.731. The molecule has 0 aliphatic carbocycles. The molecule has 3 aromatic rings. The van der Waals surface area contributed by atoms with Crippen molar-refractivity contribution in [2.45, 2.75) is 45.2 Å². The van der Waals surface area contributed by atoms with Crippen LogP contribution in [0.3, 0.4) is 0 Å². The molecule has 0 fully saturated rings. The first kappa shape index (κ1) is 20.0. The van der Waals surface area contributed by atoms with Crippen molar-refractivity contribution in [1.29, 1.82) is 0 Å². The Balaban J connectivity index is 2.16. The van der Waals surface area contributed by atoms with Crippen molar-refractivity contribution >= 4 is 34.3 Å². The zero-order valence-electron chi connectivity index (χ0n) is 16.2. The summed E-state index contributed by atoms with van der Waals surface area (Å²) in [5, 5.41) is 1.88. The highest BCUT2D eigenvalue weighted by atomic mass is 35.5. The Morgan fingerprint density at radius 3 is 2.44 bits per heavy atom. The summed E-state index contributed by atoms with van der Waals surface area (Å²) in [7, 11) is 0. The zero-order valence-corrected chi connectivity index (χ0v) is 17.8. The molecule has 1 aromatic heterocycles. The van der Waals surface area contributed by atoms with E-state index in [4.69, 9.17) is 16.6 Å². The number of rotatable bonds is 6. The lowest BCUT2D eigenvalue weighted by Gasteiger charge is -2.15. The third-order valence-electron chi connectivity index (χ3n) is 4.68. The number of nitrogens with zero attached hydrogens (tertiary/aromatic N) is 2. The van der Waals surface area contributed by atoms with Crippen LogP contribution in [0, 0.1) is 5.92 Å². The molecule has 0 aliphatic rings. The van der Waals surface area contributed by atoms with Crippen molar-refractivity contribution in [1.82, 2.24) is 9.55 Å². The maximum absolute atomic E-state index is 13.2. The number of halogens is 1. The summed E-state index contributed by atoms with van der Waals surface area (Å²) in [5.41, 5.74) is 2.72. The Labute approximate surface area is 169 Å². The highest BCUT2D eigenvalue weighted by Crippen LogP contribution is 2.26. The van der Waals surface area contributed by atoms with Crippen LogP contribution in [0.15, 0.2) is 52.4 Å². The second-order valence-electron chi connectivity index (χ2n) is 7.30. The summed E-state index contributed by atoms with van der Waals surface area (Å²) in [6.45, 7) is 8.72. The largest absolute Gasteiger partial charge is 0.268 e. The molecule has 0 saturated heterocycles. The smallest absolute Gasteiger partial charge is 0.266 e. The van der Waals surface area contributed by atoms with Crippen molar-refractivity contribution in [2.75, 3.05) is 5.75 Å². The molecule has 3 rings (SSSR count). The van der Waals surface area contributed by atoms with Crippen molar-refractivity contribution < 1.29 is 0 Å². The summed E-state index contributed by atoms with van der Waals surface area (Å²) in [4.78, 5) is 18.0. The Kier molecular flexibility index (Phi) is 6.28. The Morgan fingerprint density at radius 2 is 1.81 bits per heavy atom. The molecule has 142 valence electrons. The molecule has 0 N–H and O–H groups in total. The first-order chi connectivity index (χ1) is 12.9. The first-order valence-electron chi connectivity index (χ1n) is 9.36. The highest BCUT2D eigenvalue weighted by Gasteiger charge is 2.15. The van der Waals surface area contributed by atoms with Gasteiger partial charge in [0, 0.05) is 10.8 Å². The summed E-state index contributed by atoms with van der Waals surface area (Å²) in [5.74, 6) is 1.90. The second kappa shape index (κ2) is 8.49. The minimum atomic E-state index is -0.0563. The van der Waals surface area contributed by atoms with Gasteiger partial charge in [0.05, 0.1) is 16.6 Å². The quantitative estimate of drug-likeness (QED) is 0.359. The van der Waals surface area contributed by atoms with Gasteiger partial charge in [-0.3, -0.25) is 9.36 Å². The van der Waals surface area contributed by atoms with Crippen LogP contribution in [0.2, 0.25) is 5.02 Å². The molecular formula is C22H25ClN2OS. The van der Waals surface area contributed by atoms with E-state index in [1.165, 1.54) is 5.56 Å². The van der Waals surface area contributed by atoms with Crippen LogP contribution in [0.1, 0.15) is 45.6 Å². The molecule has 0 spiro atoms. The zero-order chi connectivity index (χ0) is 19.6. The van der Waals surface area contributed by atoms with Gasteiger partial charge in [-0.05, 0) is 54.2 Å². The fraction of sp³-hybridized carbons (Fsp3) is 0.364. The van der Waals surface area contributed by atoms with E-state index in [-0.39, 0.29) is 5.56 Å². The predicted molar refractivity (Wildman–Crippen MR) is 117 cm³/mol. The van der Waals surface area contributed by atoms with Gasteiger partial charge in [-0.25, -0.2) is 4.98 Å². The summed E-state index contributed by atoms with van der Waals surface area (Å²) in [6.07, 6.45) is 1.09. The molecule has 27 heavy (non-hydrogen) atoms. The van der Waals surface area contributed by atoms with Crippen molar-refractivity contribution in [3.63, 3.8) is 0 Å². The van der Waals surface area contributed by atoms with Crippen LogP contribution in [0.25, 0.3) is 16.6 Å². The van der Waals surface area contributed by atoms with E-state index in [1.54, 1.807) is 34.5 Å². The van der Waals surface area contributed by atoms with E-state index in [0.717, 1.165) is 17.9 Å². The molecule has 0 radical (unpaired) electrons. The Bertz CT molecular complexity index is 996. The van der Waals surface area contributed by atoms with Gasteiger partial charge in [-0.2, -0.15) is 0 Å². The molecule has 1 unspecified atom stereocenters. The molecule has 3 nitrogen and oxygen atoms in total. The number of benzene rings is 2. The van der Waals surface area contributed by atoms with Gasteiger partial charge < -0.3 is 0 Å². The number of thioether (sulfide) groups is 1. The minimum Gasteiger partial charge on any atom is -0.268 e. The van der Waals surface area contributed by atoms with E-state index in [2.05, 4.69) is 39.8 Å². The predicted octanol–water partition coefficient (Wildman–Crippen LogP) is 6.30. The normalized spacial score (nSPS) is 12.7. The van der Waals surface area contributed by atoms with Crippen LogP contribution < -0.4 is 5.56 Å². The average molecular weight is 401 g/mol. The van der Waals surface area contributed by atoms with Crippen LogP contribution in [0.5, 0.6) is 0 Å². The lowest BCUT2D eigenvalue weighted by atomic mass is 9.98. The molecule has 0 saturated carbocycles. The van der Waals surface area contributed by atoms with E-state index >= 15 is 0 Å². The number of fused-ring (bicyclic) bond motifs is 1. The SMILES string of the molecule is CCC(C)c1ccc(-n2c(SCC(C)C)nc3cc(Cl)ccc3c2=O)cc1. The van der Waals surface area contributed by atoms with E-state index in [9.17, 15) is 4.79 Å².